The van der Waals surface area contributed by atoms with Crippen LogP contribution in [0.1, 0.15) is 38.2 Å². The molecule has 0 atom stereocenters. The molecule has 2 nitrogen and oxygen atoms in total. The van der Waals surface area contributed by atoms with Crippen LogP contribution in [0.2, 0.25) is 0 Å². The number of nitrogens with zero attached hydrogens (tertiary/aromatic N) is 1. The predicted molar refractivity (Wildman–Crippen MR) is 77.8 cm³/mol. The summed E-state index contributed by atoms with van der Waals surface area (Å²) in [4.78, 5) is 2.38. The molecule has 0 saturated heterocycles. The highest BCUT2D eigenvalue weighted by Crippen LogP contribution is 2.04. The zero-order valence-corrected chi connectivity index (χ0v) is 11.6. The standard InChI is InChI=1S/C16H27NO/c1-2-3-4-8-12-17(14-15-18)13-11-16-9-6-5-7-10-16/h5-7,9-10,18H,2-4,8,11-15H2,1H3. The Morgan fingerprint density at radius 1 is 0.944 bits per heavy atom. The van der Waals surface area contributed by atoms with E-state index in [-0.39, 0.29) is 6.61 Å². The maximum Gasteiger partial charge on any atom is 0.0558 e. The number of hydrogen-bond acceptors (Lipinski definition) is 2. The van der Waals surface area contributed by atoms with Crippen molar-refractivity contribution in [2.75, 3.05) is 26.2 Å². The van der Waals surface area contributed by atoms with Gasteiger partial charge in [-0.25, -0.2) is 0 Å². The van der Waals surface area contributed by atoms with Gasteiger partial charge >= 0.3 is 0 Å². The van der Waals surface area contributed by atoms with E-state index in [9.17, 15) is 0 Å². The van der Waals surface area contributed by atoms with Crippen molar-refractivity contribution in [1.82, 2.24) is 4.90 Å². The van der Waals surface area contributed by atoms with Gasteiger partial charge in [0.2, 0.25) is 0 Å². The first-order valence-electron chi connectivity index (χ1n) is 7.24. The third-order valence-corrected chi connectivity index (χ3v) is 3.30. The smallest absolute Gasteiger partial charge is 0.0558 e. The molecular formula is C16H27NO. The van der Waals surface area contributed by atoms with Gasteiger partial charge in [-0.3, -0.25) is 0 Å². The molecule has 2 heteroatoms. The number of aliphatic hydroxyl groups is 1. The molecule has 0 saturated carbocycles. The molecule has 1 N–H and O–H groups in total. The van der Waals surface area contributed by atoms with Gasteiger partial charge in [-0.1, -0.05) is 56.5 Å². The maximum atomic E-state index is 9.09. The van der Waals surface area contributed by atoms with Gasteiger partial charge in [0.25, 0.3) is 0 Å². The summed E-state index contributed by atoms with van der Waals surface area (Å²) in [7, 11) is 0. The average Bonchev–Trinajstić information content (AvgIpc) is 2.42. The van der Waals surface area contributed by atoms with E-state index in [2.05, 4.69) is 42.2 Å². The summed E-state index contributed by atoms with van der Waals surface area (Å²) in [5.74, 6) is 0. The predicted octanol–water partition coefficient (Wildman–Crippen LogP) is 3.10. The third-order valence-electron chi connectivity index (χ3n) is 3.30. The number of rotatable bonds is 10. The second-order valence-corrected chi connectivity index (χ2v) is 4.86. The third kappa shape index (κ3) is 6.77. The zero-order chi connectivity index (χ0) is 13.1. The molecule has 0 heterocycles. The van der Waals surface area contributed by atoms with E-state index in [1.54, 1.807) is 0 Å². The minimum atomic E-state index is 0.266. The van der Waals surface area contributed by atoms with E-state index in [0.29, 0.717) is 0 Å². The van der Waals surface area contributed by atoms with Crippen molar-refractivity contribution in [1.29, 1.82) is 0 Å². The largest absolute Gasteiger partial charge is 0.395 e. The first-order chi connectivity index (χ1) is 8.86. The van der Waals surface area contributed by atoms with Crippen LogP contribution in [-0.4, -0.2) is 36.2 Å². The second-order valence-electron chi connectivity index (χ2n) is 4.86. The van der Waals surface area contributed by atoms with Gasteiger partial charge < -0.3 is 10.0 Å². The summed E-state index contributed by atoms with van der Waals surface area (Å²) in [6.45, 7) is 5.48. The Bertz CT molecular complexity index is 286. The van der Waals surface area contributed by atoms with Crippen LogP contribution < -0.4 is 0 Å². The van der Waals surface area contributed by atoms with E-state index in [1.165, 1.54) is 31.2 Å². The van der Waals surface area contributed by atoms with Crippen LogP contribution in [0.15, 0.2) is 30.3 Å². The first-order valence-corrected chi connectivity index (χ1v) is 7.24. The summed E-state index contributed by atoms with van der Waals surface area (Å²) in [5, 5.41) is 9.09. The van der Waals surface area contributed by atoms with Gasteiger partial charge in [0.1, 0.15) is 0 Å². The summed E-state index contributed by atoms with van der Waals surface area (Å²) in [5.41, 5.74) is 1.38. The number of unbranched alkanes of at least 4 members (excludes halogenated alkanes) is 3. The van der Waals surface area contributed by atoms with Crippen LogP contribution in [0, 0.1) is 0 Å². The molecule has 1 aromatic carbocycles. The van der Waals surface area contributed by atoms with Crippen LogP contribution in [0.25, 0.3) is 0 Å². The van der Waals surface area contributed by atoms with Crippen LogP contribution in [0.5, 0.6) is 0 Å². The lowest BCUT2D eigenvalue weighted by Gasteiger charge is -2.21. The van der Waals surface area contributed by atoms with Gasteiger partial charge in [-0.05, 0) is 24.9 Å². The Morgan fingerprint density at radius 2 is 1.72 bits per heavy atom. The van der Waals surface area contributed by atoms with Crippen molar-refractivity contribution < 1.29 is 5.11 Å². The molecule has 0 aliphatic rings. The fourth-order valence-corrected chi connectivity index (χ4v) is 2.17. The Morgan fingerprint density at radius 3 is 2.39 bits per heavy atom. The Kier molecular flexibility index (Phi) is 8.53. The molecule has 102 valence electrons. The summed E-state index contributed by atoms with van der Waals surface area (Å²) < 4.78 is 0. The van der Waals surface area contributed by atoms with E-state index < -0.39 is 0 Å². The number of benzene rings is 1. The van der Waals surface area contributed by atoms with Crippen molar-refractivity contribution in [3.8, 4) is 0 Å². The van der Waals surface area contributed by atoms with Crippen LogP contribution in [0.3, 0.4) is 0 Å². The second kappa shape index (κ2) is 10.1. The first kappa shape index (κ1) is 15.2. The van der Waals surface area contributed by atoms with Crippen LogP contribution in [-0.2, 0) is 6.42 Å². The van der Waals surface area contributed by atoms with Gasteiger partial charge in [0, 0.05) is 13.1 Å². The normalized spacial score (nSPS) is 11.1. The Labute approximate surface area is 112 Å². The Balaban J connectivity index is 2.24. The molecule has 0 bridgehead atoms. The monoisotopic (exact) mass is 249 g/mol. The highest BCUT2D eigenvalue weighted by atomic mass is 16.3. The van der Waals surface area contributed by atoms with Crippen LogP contribution >= 0.6 is 0 Å². The fraction of sp³-hybridized carbons (Fsp3) is 0.625. The molecule has 1 aromatic rings. The highest BCUT2D eigenvalue weighted by Gasteiger charge is 2.04. The van der Waals surface area contributed by atoms with E-state index in [1.807, 2.05) is 0 Å². The summed E-state index contributed by atoms with van der Waals surface area (Å²) in [6.07, 6.45) is 6.25. The molecule has 1 rings (SSSR count). The van der Waals surface area contributed by atoms with Gasteiger partial charge in [-0.15, -0.1) is 0 Å². The van der Waals surface area contributed by atoms with Gasteiger partial charge in [-0.2, -0.15) is 0 Å². The fourth-order valence-electron chi connectivity index (χ4n) is 2.17. The van der Waals surface area contributed by atoms with Crippen molar-refractivity contribution in [3.63, 3.8) is 0 Å². The van der Waals surface area contributed by atoms with Crippen molar-refractivity contribution in [3.05, 3.63) is 35.9 Å². The highest BCUT2D eigenvalue weighted by molar-refractivity contribution is 5.14. The molecule has 0 amide bonds. The Hall–Kier alpha value is -0.860. The van der Waals surface area contributed by atoms with E-state index >= 15 is 0 Å². The van der Waals surface area contributed by atoms with Crippen molar-refractivity contribution >= 4 is 0 Å². The number of hydrogen-bond donors (Lipinski definition) is 1. The van der Waals surface area contributed by atoms with Crippen molar-refractivity contribution in [2.45, 2.75) is 39.0 Å². The molecule has 0 aromatic heterocycles. The minimum absolute atomic E-state index is 0.266. The van der Waals surface area contributed by atoms with Crippen LogP contribution in [0.4, 0.5) is 0 Å². The van der Waals surface area contributed by atoms with E-state index in [4.69, 9.17) is 5.11 Å². The summed E-state index contributed by atoms with van der Waals surface area (Å²) in [6, 6.07) is 10.6. The molecule has 0 radical (unpaired) electrons. The van der Waals surface area contributed by atoms with Gasteiger partial charge in [0.15, 0.2) is 0 Å². The number of aliphatic hydroxyl groups excluding tert-OH is 1. The quantitative estimate of drug-likeness (QED) is 0.644. The van der Waals surface area contributed by atoms with Crippen molar-refractivity contribution in [2.24, 2.45) is 0 Å². The lowest BCUT2D eigenvalue weighted by atomic mass is 10.1. The topological polar surface area (TPSA) is 23.5 Å². The summed E-state index contributed by atoms with van der Waals surface area (Å²) >= 11 is 0. The lowest BCUT2D eigenvalue weighted by Crippen LogP contribution is -2.30. The molecule has 0 aliphatic carbocycles. The van der Waals surface area contributed by atoms with E-state index in [0.717, 1.165) is 26.1 Å². The molecule has 18 heavy (non-hydrogen) atoms. The SMILES string of the molecule is CCCCCCN(CCO)CCc1ccccc1. The molecular weight excluding hydrogens is 222 g/mol. The lowest BCUT2D eigenvalue weighted by molar-refractivity contribution is 0.194. The minimum Gasteiger partial charge on any atom is -0.395 e. The molecule has 0 aliphatic heterocycles. The average molecular weight is 249 g/mol. The molecule has 0 spiro atoms. The maximum absolute atomic E-state index is 9.09. The van der Waals surface area contributed by atoms with Gasteiger partial charge in [0.05, 0.1) is 6.61 Å². The molecule has 0 unspecified atom stereocenters. The molecule has 0 fully saturated rings. The zero-order valence-electron chi connectivity index (χ0n) is 11.6.